The maximum atomic E-state index is 13.6. The standard InChI is InChI=1S/C16H24ClFO/c1-11(10-16(2,3)4)8-13(17)12-6-7-15(19-5)14(18)9-12/h6-7,9,11,13H,8,10H2,1-5H3. The van der Waals surface area contributed by atoms with Crippen molar-refractivity contribution in [1.29, 1.82) is 0 Å². The van der Waals surface area contributed by atoms with Crippen molar-refractivity contribution in [2.75, 3.05) is 7.11 Å². The van der Waals surface area contributed by atoms with Crippen LogP contribution >= 0.6 is 11.6 Å². The SMILES string of the molecule is COc1ccc(C(Cl)CC(C)CC(C)(C)C)cc1F. The van der Waals surface area contributed by atoms with E-state index in [4.69, 9.17) is 16.3 Å². The molecule has 0 N–H and O–H groups in total. The van der Waals surface area contributed by atoms with Crippen molar-refractivity contribution in [3.05, 3.63) is 29.6 Å². The molecule has 2 atom stereocenters. The van der Waals surface area contributed by atoms with E-state index in [-0.39, 0.29) is 16.9 Å². The van der Waals surface area contributed by atoms with Crippen LogP contribution < -0.4 is 4.74 Å². The van der Waals surface area contributed by atoms with Gasteiger partial charge in [0.05, 0.1) is 12.5 Å². The summed E-state index contributed by atoms with van der Waals surface area (Å²) in [6.07, 6.45) is 1.96. The molecule has 0 spiro atoms. The minimum atomic E-state index is -0.353. The van der Waals surface area contributed by atoms with Crippen molar-refractivity contribution in [2.45, 2.75) is 45.9 Å². The Morgan fingerprint density at radius 1 is 1.32 bits per heavy atom. The Labute approximate surface area is 121 Å². The normalized spacial score (nSPS) is 15.1. The molecule has 1 rings (SSSR count). The quantitative estimate of drug-likeness (QED) is 0.642. The number of hydrogen-bond donors (Lipinski definition) is 0. The molecule has 0 radical (unpaired) electrons. The fraction of sp³-hybridized carbons (Fsp3) is 0.625. The van der Waals surface area contributed by atoms with Gasteiger partial charge in [0.15, 0.2) is 11.6 Å². The molecule has 0 aliphatic rings. The Hall–Kier alpha value is -0.760. The second kappa shape index (κ2) is 6.60. The van der Waals surface area contributed by atoms with Crippen LogP contribution in [0.3, 0.4) is 0 Å². The number of ether oxygens (including phenoxy) is 1. The summed E-state index contributed by atoms with van der Waals surface area (Å²) >= 11 is 6.39. The van der Waals surface area contributed by atoms with Gasteiger partial charge in [-0.1, -0.05) is 33.8 Å². The van der Waals surface area contributed by atoms with E-state index in [2.05, 4.69) is 27.7 Å². The highest BCUT2D eigenvalue weighted by Gasteiger charge is 2.19. The van der Waals surface area contributed by atoms with Crippen LogP contribution in [0.5, 0.6) is 5.75 Å². The molecule has 0 aliphatic carbocycles. The Balaban J connectivity index is 2.68. The van der Waals surface area contributed by atoms with E-state index >= 15 is 0 Å². The van der Waals surface area contributed by atoms with Gasteiger partial charge in [-0.3, -0.25) is 0 Å². The first-order chi connectivity index (χ1) is 8.73. The zero-order valence-electron chi connectivity index (χ0n) is 12.5. The lowest BCUT2D eigenvalue weighted by Gasteiger charge is -2.24. The number of methoxy groups -OCH3 is 1. The lowest BCUT2D eigenvalue weighted by Crippen LogP contribution is -2.12. The Morgan fingerprint density at radius 3 is 2.42 bits per heavy atom. The number of benzene rings is 1. The van der Waals surface area contributed by atoms with Gasteiger partial charge in [-0.15, -0.1) is 11.6 Å². The monoisotopic (exact) mass is 286 g/mol. The van der Waals surface area contributed by atoms with Crippen LogP contribution in [0.25, 0.3) is 0 Å². The maximum Gasteiger partial charge on any atom is 0.165 e. The molecule has 19 heavy (non-hydrogen) atoms. The number of halogens is 2. The lowest BCUT2D eigenvalue weighted by molar-refractivity contribution is 0.295. The Morgan fingerprint density at radius 2 is 1.95 bits per heavy atom. The van der Waals surface area contributed by atoms with Crippen molar-refractivity contribution in [1.82, 2.24) is 0 Å². The molecule has 2 unspecified atom stereocenters. The second-order valence-electron chi connectivity index (χ2n) is 6.47. The molecule has 1 aromatic rings. The van der Waals surface area contributed by atoms with Crippen LogP contribution in [0.1, 0.15) is 51.5 Å². The summed E-state index contributed by atoms with van der Waals surface area (Å²) in [7, 11) is 1.46. The molecule has 0 saturated heterocycles. The van der Waals surface area contributed by atoms with Gasteiger partial charge in [0.25, 0.3) is 0 Å². The van der Waals surface area contributed by atoms with Crippen molar-refractivity contribution in [2.24, 2.45) is 11.3 Å². The summed E-state index contributed by atoms with van der Waals surface area (Å²) in [5, 5.41) is -0.155. The molecule has 0 bridgehead atoms. The van der Waals surface area contributed by atoms with Gasteiger partial charge in [0, 0.05) is 0 Å². The third kappa shape index (κ3) is 5.40. The van der Waals surface area contributed by atoms with Crippen LogP contribution in [0.2, 0.25) is 0 Å². The average Bonchev–Trinajstić information content (AvgIpc) is 2.26. The Kier molecular flexibility index (Phi) is 5.66. The molecule has 0 saturated carbocycles. The van der Waals surface area contributed by atoms with Gasteiger partial charge in [-0.05, 0) is 41.9 Å². The topological polar surface area (TPSA) is 9.23 Å². The molecule has 108 valence electrons. The first-order valence-electron chi connectivity index (χ1n) is 6.70. The molecule has 0 aliphatic heterocycles. The molecular formula is C16H24ClFO. The predicted octanol–water partition coefficient (Wildman–Crippen LogP) is 5.58. The number of hydrogen-bond acceptors (Lipinski definition) is 1. The average molecular weight is 287 g/mol. The summed E-state index contributed by atoms with van der Waals surface area (Å²) in [5.41, 5.74) is 1.11. The molecular weight excluding hydrogens is 263 g/mol. The van der Waals surface area contributed by atoms with Crippen molar-refractivity contribution in [3.8, 4) is 5.75 Å². The van der Waals surface area contributed by atoms with E-state index in [9.17, 15) is 4.39 Å². The minimum absolute atomic E-state index is 0.155. The molecule has 3 heteroatoms. The lowest BCUT2D eigenvalue weighted by atomic mass is 9.83. The van der Waals surface area contributed by atoms with Crippen LogP contribution in [-0.2, 0) is 0 Å². The molecule has 0 fully saturated rings. The highest BCUT2D eigenvalue weighted by Crippen LogP contribution is 2.34. The van der Waals surface area contributed by atoms with Crippen molar-refractivity contribution < 1.29 is 9.13 Å². The van der Waals surface area contributed by atoms with E-state index in [0.29, 0.717) is 11.3 Å². The Bertz CT molecular complexity index is 412. The van der Waals surface area contributed by atoms with Crippen LogP contribution in [0, 0.1) is 17.2 Å². The predicted molar refractivity (Wildman–Crippen MR) is 79.4 cm³/mol. The zero-order chi connectivity index (χ0) is 14.6. The van der Waals surface area contributed by atoms with E-state index in [1.54, 1.807) is 6.07 Å². The molecule has 0 aromatic heterocycles. The van der Waals surface area contributed by atoms with Gasteiger partial charge in [0.1, 0.15) is 0 Å². The van der Waals surface area contributed by atoms with Gasteiger partial charge >= 0.3 is 0 Å². The third-order valence-corrected chi connectivity index (χ3v) is 3.54. The van der Waals surface area contributed by atoms with Gasteiger partial charge in [0.2, 0.25) is 0 Å². The van der Waals surface area contributed by atoms with Crippen LogP contribution in [0.4, 0.5) is 4.39 Å². The first kappa shape index (κ1) is 16.3. The molecule has 1 aromatic carbocycles. The summed E-state index contributed by atoms with van der Waals surface area (Å²) in [4.78, 5) is 0. The van der Waals surface area contributed by atoms with E-state index < -0.39 is 0 Å². The van der Waals surface area contributed by atoms with E-state index in [1.165, 1.54) is 13.2 Å². The van der Waals surface area contributed by atoms with E-state index in [1.807, 2.05) is 6.07 Å². The largest absolute Gasteiger partial charge is 0.494 e. The molecule has 1 nitrogen and oxygen atoms in total. The van der Waals surface area contributed by atoms with Crippen molar-refractivity contribution in [3.63, 3.8) is 0 Å². The maximum absolute atomic E-state index is 13.6. The number of alkyl halides is 1. The highest BCUT2D eigenvalue weighted by atomic mass is 35.5. The third-order valence-electron chi connectivity index (χ3n) is 3.11. The fourth-order valence-corrected chi connectivity index (χ4v) is 2.94. The summed E-state index contributed by atoms with van der Waals surface area (Å²) < 4.78 is 18.5. The van der Waals surface area contributed by atoms with Crippen LogP contribution in [0.15, 0.2) is 18.2 Å². The first-order valence-corrected chi connectivity index (χ1v) is 7.14. The van der Waals surface area contributed by atoms with Gasteiger partial charge in [-0.2, -0.15) is 0 Å². The number of rotatable bonds is 5. The fourth-order valence-electron chi connectivity index (χ4n) is 2.50. The van der Waals surface area contributed by atoms with Crippen LogP contribution in [-0.4, -0.2) is 7.11 Å². The van der Waals surface area contributed by atoms with Gasteiger partial charge < -0.3 is 4.74 Å². The zero-order valence-corrected chi connectivity index (χ0v) is 13.2. The summed E-state index contributed by atoms with van der Waals surface area (Å²) in [6, 6.07) is 4.94. The molecule has 0 amide bonds. The van der Waals surface area contributed by atoms with Crippen molar-refractivity contribution >= 4 is 11.6 Å². The smallest absolute Gasteiger partial charge is 0.165 e. The summed E-state index contributed by atoms with van der Waals surface area (Å²) in [5.74, 6) is 0.414. The van der Waals surface area contributed by atoms with E-state index in [0.717, 1.165) is 18.4 Å². The van der Waals surface area contributed by atoms with Gasteiger partial charge in [-0.25, -0.2) is 4.39 Å². The minimum Gasteiger partial charge on any atom is -0.494 e. The molecule has 0 heterocycles. The second-order valence-corrected chi connectivity index (χ2v) is 6.99. The highest BCUT2D eigenvalue weighted by molar-refractivity contribution is 6.20. The summed E-state index contributed by atoms with van der Waals surface area (Å²) in [6.45, 7) is 8.86.